The van der Waals surface area contributed by atoms with Crippen molar-refractivity contribution >= 4 is 23.7 Å². The number of aromatic nitrogens is 2. The van der Waals surface area contributed by atoms with Gasteiger partial charge in [0.05, 0.1) is 17.1 Å². The van der Waals surface area contributed by atoms with Crippen LogP contribution in [-0.2, 0) is 6.54 Å². The highest BCUT2D eigenvalue weighted by molar-refractivity contribution is 6.30. The second-order valence-electron chi connectivity index (χ2n) is 7.95. The van der Waals surface area contributed by atoms with Crippen LogP contribution in [0.2, 0.25) is 5.02 Å². The summed E-state index contributed by atoms with van der Waals surface area (Å²) in [6, 6.07) is 15.9. The van der Waals surface area contributed by atoms with E-state index in [2.05, 4.69) is 10.3 Å². The first-order valence-electron chi connectivity index (χ1n) is 10.3. The molecule has 0 spiro atoms. The molecule has 2 aliphatic rings. The minimum atomic E-state index is -0.478. The number of nitrogens with zero attached hydrogens (tertiary/aromatic N) is 3. The molecule has 1 atom stereocenters. The van der Waals surface area contributed by atoms with E-state index in [1.54, 1.807) is 41.2 Å². The van der Waals surface area contributed by atoms with Crippen LogP contribution in [0.3, 0.4) is 0 Å². The van der Waals surface area contributed by atoms with Crippen LogP contribution in [-0.4, -0.2) is 21.9 Å². The zero-order valence-corrected chi connectivity index (χ0v) is 17.8. The summed E-state index contributed by atoms with van der Waals surface area (Å²) in [5, 5.41) is 7.87. The van der Waals surface area contributed by atoms with Gasteiger partial charge in [0.1, 0.15) is 17.7 Å². The van der Waals surface area contributed by atoms with E-state index in [1.165, 1.54) is 18.2 Å². The molecule has 0 bridgehead atoms. The fraction of sp³-hybridized carbons (Fsp3) is 0.0800. The molecule has 33 heavy (non-hydrogen) atoms. The Bertz CT molecular complexity index is 1470. The van der Waals surface area contributed by atoms with Gasteiger partial charge in [-0.2, -0.15) is 5.10 Å². The predicted molar refractivity (Wildman–Crippen MR) is 122 cm³/mol. The lowest BCUT2D eigenvalue weighted by Gasteiger charge is -2.10. The second-order valence-corrected chi connectivity index (χ2v) is 8.38. The Labute approximate surface area is 192 Å². The molecule has 8 heteroatoms. The average molecular weight is 461 g/mol. The van der Waals surface area contributed by atoms with Crippen molar-refractivity contribution in [2.24, 2.45) is 4.99 Å². The van der Waals surface area contributed by atoms with Crippen LogP contribution in [0.25, 0.3) is 28.2 Å². The molecule has 1 N–H and O–H groups in total. The minimum absolute atomic E-state index is 0.129. The van der Waals surface area contributed by atoms with E-state index in [9.17, 15) is 13.6 Å². The molecule has 1 amide bonds. The maximum absolute atomic E-state index is 14.3. The Hall–Kier alpha value is -3.84. The number of amides is 1. The molecule has 0 fully saturated rings. The van der Waals surface area contributed by atoms with E-state index in [0.29, 0.717) is 40.3 Å². The Kier molecular flexibility index (Phi) is 4.41. The quantitative estimate of drug-likeness (QED) is 0.436. The van der Waals surface area contributed by atoms with E-state index < -0.39 is 5.82 Å². The van der Waals surface area contributed by atoms with Crippen molar-refractivity contribution in [1.29, 1.82) is 0 Å². The second kappa shape index (κ2) is 7.35. The van der Waals surface area contributed by atoms with Gasteiger partial charge in [-0.25, -0.2) is 13.5 Å². The molecule has 3 aromatic carbocycles. The molecular formula is C25H15ClF2N4O. The third-order valence-corrected chi connectivity index (χ3v) is 6.05. The summed E-state index contributed by atoms with van der Waals surface area (Å²) in [5.41, 5.74) is 5.00. The fourth-order valence-corrected chi connectivity index (χ4v) is 4.43. The van der Waals surface area contributed by atoms with Gasteiger partial charge in [-0.3, -0.25) is 9.79 Å². The average Bonchev–Trinajstić information content (AvgIpc) is 3.43. The zero-order valence-electron chi connectivity index (χ0n) is 17.0. The Morgan fingerprint density at radius 1 is 1.03 bits per heavy atom. The maximum Gasteiger partial charge on any atom is 0.251 e. The molecule has 1 unspecified atom stereocenters. The summed E-state index contributed by atoms with van der Waals surface area (Å²) in [6.07, 6.45) is 1.67. The Morgan fingerprint density at radius 2 is 1.85 bits per heavy atom. The fourth-order valence-electron chi connectivity index (χ4n) is 4.20. The molecule has 0 aliphatic carbocycles. The number of hydrogen-bond donors (Lipinski definition) is 1. The Morgan fingerprint density at radius 3 is 2.64 bits per heavy atom. The summed E-state index contributed by atoms with van der Waals surface area (Å²) in [4.78, 5) is 16.2. The number of fused-ring (bicyclic) bond motifs is 1. The van der Waals surface area contributed by atoms with E-state index >= 15 is 0 Å². The van der Waals surface area contributed by atoms with Crippen molar-refractivity contribution in [2.45, 2.75) is 12.6 Å². The summed E-state index contributed by atoms with van der Waals surface area (Å²) in [5.74, 6) is -0.959. The van der Waals surface area contributed by atoms with Crippen molar-refractivity contribution in [1.82, 2.24) is 15.1 Å². The SMILES string of the molecule is O=C1NCc2c1cccc2-c1cc(-c2cc(F)cc(Cl)c2)n(-c2ccc(F)c(C3C=N3)c2)n1. The number of benzene rings is 3. The normalized spacial score (nSPS) is 16.1. The standard InChI is InChI=1S/C25H15ClF2N4O/c26-14-6-13(7-15(27)8-14)24-10-22(17-2-1-3-18-20(17)11-30-25(18)33)31-32(24)16-4-5-21(28)19(9-16)23-12-29-23/h1-10,12,23H,11H2,(H,30,33). The van der Waals surface area contributed by atoms with Gasteiger partial charge in [-0.1, -0.05) is 23.7 Å². The van der Waals surface area contributed by atoms with Gasteiger partial charge in [0.25, 0.3) is 5.91 Å². The molecule has 0 radical (unpaired) electrons. The van der Waals surface area contributed by atoms with Gasteiger partial charge in [-0.05, 0) is 54.1 Å². The molecule has 3 heterocycles. The lowest BCUT2D eigenvalue weighted by molar-refractivity contribution is 0.0965. The monoisotopic (exact) mass is 460 g/mol. The molecule has 0 saturated heterocycles. The molecule has 5 nitrogen and oxygen atoms in total. The summed E-state index contributed by atoms with van der Waals surface area (Å²) in [7, 11) is 0. The van der Waals surface area contributed by atoms with Gasteiger partial charge in [0.15, 0.2) is 0 Å². The molecular weight excluding hydrogens is 446 g/mol. The Balaban J connectivity index is 1.57. The van der Waals surface area contributed by atoms with Gasteiger partial charge in [0.2, 0.25) is 0 Å². The largest absolute Gasteiger partial charge is 0.348 e. The predicted octanol–water partition coefficient (Wildman–Crippen LogP) is 5.51. The van der Waals surface area contributed by atoms with Crippen molar-refractivity contribution in [2.75, 3.05) is 0 Å². The van der Waals surface area contributed by atoms with Gasteiger partial charge >= 0.3 is 0 Å². The van der Waals surface area contributed by atoms with E-state index in [4.69, 9.17) is 16.7 Å². The molecule has 6 rings (SSSR count). The number of aliphatic imine (C=N–C) groups is 1. The molecule has 0 saturated carbocycles. The highest BCUT2D eigenvalue weighted by Crippen LogP contribution is 2.35. The topological polar surface area (TPSA) is 59.3 Å². The van der Waals surface area contributed by atoms with E-state index in [-0.39, 0.29) is 22.8 Å². The molecule has 4 aromatic rings. The van der Waals surface area contributed by atoms with Gasteiger partial charge in [-0.15, -0.1) is 0 Å². The molecule has 2 aliphatic heterocycles. The number of carbonyl (C=O) groups excluding carboxylic acids is 1. The van der Waals surface area contributed by atoms with Gasteiger partial charge in [0, 0.05) is 40.0 Å². The van der Waals surface area contributed by atoms with E-state index in [0.717, 1.165) is 11.1 Å². The highest BCUT2D eigenvalue weighted by Gasteiger charge is 2.25. The smallest absolute Gasteiger partial charge is 0.251 e. The zero-order chi connectivity index (χ0) is 22.7. The summed E-state index contributed by atoms with van der Waals surface area (Å²) < 4.78 is 30.2. The first-order chi connectivity index (χ1) is 16.0. The maximum atomic E-state index is 14.3. The van der Waals surface area contributed by atoms with Crippen LogP contribution >= 0.6 is 11.6 Å². The van der Waals surface area contributed by atoms with Gasteiger partial charge < -0.3 is 5.32 Å². The van der Waals surface area contributed by atoms with Crippen molar-refractivity contribution in [3.8, 4) is 28.2 Å². The lowest BCUT2D eigenvalue weighted by atomic mass is 10.00. The van der Waals surface area contributed by atoms with Crippen LogP contribution in [0.15, 0.2) is 65.7 Å². The van der Waals surface area contributed by atoms with Crippen LogP contribution in [0.4, 0.5) is 8.78 Å². The summed E-state index contributed by atoms with van der Waals surface area (Å²) >= 11 is 6.13. The molecule has 162 valence electrons. The third-order valence-electron chi connectivity index (χ3n) is 5.83. The number of halogens is 3. The third kappa shape index (κ3) is 3.41. The van der Waals surface area contributed by atoms with Crippen LogP contribution in [0.1, 0.15) is 27.5 Å². The van der Waals surface area contributed by atoms with E-state index in [1.807, 2.05) is 12.1 Å². The number of hydrogen-bond acceptors (Lipinski definition) is 3. The highest BCUT2D eigenvalue weighted by atomic mass is 35.5. The number of carbonyl (C=O) groups is 1. The minimum Gasteiger partial charge on any atom is -0.348 e. The van der Waals surface area contributed by atoms with Crippen molar-refractivity contribution in [3.63, 3.8) is 0 Å². The number of rotatable bonds is 4. The van der Waals surface area contributed by atoms with Crippen LogP contribution < -0.4 is 5.32 Å². The van der Waals surface area contributed by atoms with Crippen molar-refractivity contribution in [3.05, 3.63) is 94.0 Å². The summed E-state index contributed by atoms with van der Waals surface area (Å²) in [6.45, 7) is 0.401. The first kappa shape index (κ1) is 19.8. The lowest BCUT2D eigenvalue weighted by Crippen LogP contribution is -2.12. The van der Waals surface area contributed by atoms with Crippen molar-refractivity contribution < 1.29 is 13.6 Å². The van der Waals surface area contributed by atoms with Crippen LogP contribution in [0, 0.1) is 11.6 Å². The van der Waals surface area contributed by atoms with Crippen LogP contribution in [0.5, 0.6) is 0 Å². The first-order valence-corrected chi connectivity index (χ1v) is 10.7. The number of nitrogens with one attached hydrogen (secondary N) is 1. The molecule has 1 aromatic heterocycles.